The minimum absolute atomic E-state index is 0.151. The smallest absolute Gasteiger partial charge is 0.161 e. The van der Waals surface area contributed by atoms with Crippen molar-refractivity contribution in [2.24, 2.45) is 0 Å². The van der Waals surface area contributed by atoms with E-state index < -0.39 is 0 Å². The normalized spacial score (nSPS) is 16.1. The molecule has 6 heteroatoms. The van der Waals surface area contributed by atoms with E-state index in [4.69, 9.17) is 18.9 Å². The van der Waals surface area contributed by atoms with Gasteiger partial charge in [-0.3, -0.25) is 0 Å². The third-order valence-corrected chi connectivity index (χ3v) is 5.32. The standard InChI is InChI=1S/C19H22BrNO4/c1-22-15-7-11-5-6-21-19(12(11)8-16(15)23-2)13-9-17(24-3)18(25-4)10-14(13)20/h7-10,19,21H,5-6H2,1-4H3/p+1/t19-/m0/s1. The molecule has 0 saturated carbocycles. The van der Waals surface area contributed by atoms with Crippen molar-refractivity contribution in [3.63, 3.8) is 0 Å². The molecular weight excluding hydrogens is 386 g/mol. The number of rotatable bonds is 5. The molecule has 1 heterocycles. The van der Waals surface area contributed by atoms with Crippen molar-refractivity contribution >= 4 is 15.9 Å². The summed E-state index contributed by atoms with van der Waals surface area (Å²) in [6, 6.07) is 8.31. The van der Waals surface area contributed by atoms with Crippen LogP contribution in [0.25, 0.3) is 0 Å². The first-order valence-corrected chi connectivity index (χ1v) is 8.91. The van der Waals surface area contributed by atoms with Gasteiger partial charge >= 0.3 is 0 Å². The Morgan fingerprint density at radius 1 is 0.800 bits per heavy atom. The van der Waals surface area contributed by atoms with Crippen LogP contribution < -0.4 is 24.3 Å². The van der Waals surface area contributed by atoms with Gasteiger partial charge in [-0.1, -0.05) is 15.9 Å². The monoisotopic (exact) mass is 408 g/mol. The number of fused-ring (bicyclic) bond motifs is 1. The molecule has 0 fully saturated rings. The highest BCUT2D eigenvalue weighted by Crippen LogP contribution is 2.40. The highest BCUT2D eigenvalue weighted by molar-refractivity contribution is 9.10. The summed E-state index contributed by atoms with van der Waals surface area (Å²) in [6.07, 6.45) is 0.997. The number of benzene rings is 2. The molecule has 0 aromatic heterocycles. The molecule has 0 bridgehead atoms. The second-order valence-electron chi connectivity index (χ2n) is 5.89. The van der Waals surface area contributed by atoms with Crippen LogP contribution in [0.5, 0.6) is 23.0 Å². The Balaban J connectivity index is 2.12. The Kier molecular flexibility index (Phi) is 5.39. The number of ether oxygens (including phenoxy) is 4. The van der Waals surface area contributed by atoms with Gasteiger partial charge in [-0.05, 0) is 29.8 Å². The molecule has 0 spiro atoms. The third kappa shape index (κ3) is 3.28. The van der Waals surface area contributed by atoms with Crippen molar-refractivity contribution in [2.45, 2.75) is 12.5 Å². The predicted molar refractivity (Wildman–Crippen MR) is 99.1 cm³/mol. The zero-order chi connectivity index (χ0) is 18.0. The maximum Gasteiger partial charge on any atom is 0.161 e. The van der Waals surface area contributed by atoms with E-state index >= 15 is 0 Å². The van der Waals surface area contributed by atoms with Gasteiger partial charge in [0.1, 0.15) is 6.04 Å². The molecule has 0 radical (unpaired) electrons. The van der Waals surface area contributed by atoms with Gasteiger partial charge in [0.25, 0.3) is 0 Å². The molecule has 3 rings (SSSR count). The topological polar surface area (TPSA) is 53.5 Å². The van der Waals surface area contributed by atoms with Gasteiger partial charge in [-0.25, -0.2) is 0 Å². The van der Waals surface area contributed by atoms with Crippen LogP contribution in [0.1, 0.15) is 22.7 Å². The van der Waals surface area contributed by atoms with E-state index in [1.54, 1.807) is 28.4 Å². The molecule has 1 atom stereocenters. The van der Waals surface area contributed by atoms with Gasteiger partial charge in [0.15, 0.2) is 23.0 Å². The molecule has 5 nitrogen and oxygen atoms in total. The van der Waals surface area contributed by atoms with Crippen LogP contribution in [-0.4, -0.2) is 35.0 Å². The fourth-order valence-corrected chi connectivity index (χ4v) is 3.95. The Hall–Kier alpha value is -1.92. The van der Waals surface area contributed by atoms with E-state index in [2.05, 4.69) is 33.4 Å². The second kappa shape index (κ2) is 7.54. The van der Waals surface area contributed by atoms with Gasteiger partial charge < -0.3 is 24.3 Å². The number of quaternary nitrogens is 1. The molecule has 0 aliphatic carbocycles. The van der Waals surface area contributed by atoms with Gasteiger partial charge in [0.05, 0.1) is 35.0 Å². The molecular formula is C19H23BrNO4+. The fraction of sp³-hybridized carbons (Fsp3) is 0.368. The molecule has 0 saturated heterocycles. The summed E-state index contributed by atoms with van der Waals surface area (Å²) in [7, 11) is 6.63. The summed E-state index contributed by atoms with van der Waals surface area (Å²) in [4.78, 5) is 0. The largest absolute Gasteiger partial charge is 0.493 e. The predicted octanol–water partition coefficient (Wildman–Crippen LogP) is 2.69. The van der Waals surface area contributed by atoms with Gasteiger partial charge in [0.2, 0.25) is 0 Å². The number of nitrogens with two attached hydrogens (primary N) is 1. The molecule has 25 heavy (non-hydrogen) atoms. The van der Waals surface area contributed by atoms with Crippen LogP contribution in [0.3, 0.4) is 0 Å². The van der Waals surface area contributed by atoms with Crippen LogP contribution in [0.2, 0.25) is 0 Å². The maximum absolute atomic E-state index is 5.50. The fourth-order valence-electron chi connectivity index (χ4n) is 3.38. The number of halogens is 1. The number of hydrogen-bond acceptors (Lipinski definition) is 4. The third-order valence-electron chi connectivity index (χ3n) is 4.63. The summed E-state index contributed by atoms with van der Waals surface area (Å²) in [5.41, 5.74) is 3.66. The summed E-state index contributed by atoms with van der Waals surface area (Å²) in [5.74, 6) is 2.95. The van der Waals surface area contributed by atoms with Crippen molar-refractivity contribution in [3.05, 3.63) is 45.4 Å². The SMILES string of the molecule is COc1cc(Br)c([C@H]2[NH2+]CCc3cc(OC)c(OC)cc32)cc1OC. The minimum Gasteiger partial charge on any atom is -0.493 e. The Morgan fingerprint density at radius 2 is 1.32 bits per heavy atom. The lowest BCUT2D eigenvalue weighted by molar-refractivity contribution is -0.690. The van der Waals surface area contributed by atoms with Gasteiger partial charge in [0, 0.05) is 22.0 Å². The Bertz CT molecular complexity index is 779. The zero-order valence-corrected chi connectivity index (χ0v) is 16.5. The molecule has 0 unspecified atom stereocenters. The van der Waals surface area contributed by atoms with E-state index in [1.807, 2.05) is 12.1 Å². The van der Waals surface area contributed by atoms with Crippen LogP contribution in [-0.2, 0) is 6.42 Å². The quantitative estimate of drug-likeness (QED) is 0.825. The van der Waals surface area contributed by atoms with E-state index in [0.29, 0.717) is 5.75 Å². The highest BCUT2D eigenvalue weighted by Gasteiger charge is 2.29. The molecule has 134 valence electrons. The minimum atomic E-state index is 0.151. The van der Waals surface area contributed by atoms with Crippen LogP contribution in [0.15, 0.2) is 28.7 Å². The summed E-state index contributed by atoms with van der Waals surface area (Å²) < 4.78 is 22.8. The maximum atomic E-state index is 5.50. The number of hydrogen-bond donors (Lipinski definition) is 1. The number of methoxy groups -OCH3 is 4. The molecule has 2 aromatic rings. The van der Waals surface area contributed by atoms with Gasteiger partial charge in [-0.15, -0.1) is 0 Å². The van der Waals surface area contributed by atoms with E-state index in [9.17, 15) is 0 Å². The van der Waals surface area contributed by atoms with E-state index in [-0.39, 0.29) is 6.04 Å². The van der Waals surface area contributed by atoms with Gasteiger partial charge in [-0.2, -0.15) is 0 Å². The summed E-state index contributed by atoms with van der Waals surface area (Å²) in [5, 5.41) is 2.33. The lowest BCUT2D eigenvalue weighted by Crippen LogP contribution is -2.87. The van der Waals surface area contributed by atoms with Crippen LogP contribution in [0, 0.1) is 0 Å². The highest BCUT2D eigenvalue weighted by atomic mass is 79.9. The average Bonchev–Trinajstić information content (AvgIpc) is 2.66. The second-order valence-corrected chi connectivity index (χ2v) is 6.74. The lowest BCUT2D eigenvalue weighted by atomic mass is 9.89. The molecule has 1 aliphatic rings. The summed E-state index contributed by atoms with van der Waals surface area (Å²) >= 11 is 3.69. The molecule has 1 aliphatic heterocycles. The van der Waals surface area contributed by atoms with Crippen molar-refractivity contribution in [1.29, 1.82) is 0 Å². The van der Waals surface area contributed by atoms with E-state index in [0.717, 1.165) is 40.3 Å². The first-order chi connectivity index (χ1) is 12.1. The van der Waals surface area contributed by atoms with E-state index in [1.165, 1.54) is 11.1 Å². The first kappa shape index (κ1) is 17.9. The van der Waals surface area contributed by atoms with Crippen LogP contribution in [0.4, 0.5) is 0 Å². The van der Waals surface area contributed by atoms with Crippen molar-refractivity contribution in [1.82, 2.24) is 0 Å². The summed E-state index contributed by atoms with van der Waals surface area (Å²) in [6.45, 7) is 1.01. The molecule has 2 aromatic carbocycles. The zero-order valence-electron chi connectivity index (χ0n) is 14.9. The first-order valence-electron chi connectivity index (χ1n) is 8.12. The Labute approximate surface area is 156 Å². The van der Waals surface area contributed by atoms with Crippen LogP contribution >= 0.6 is 15.9 Å². The molecule has 2 N–H and O–H groups in total. The van der Waals surface area contributed by atoms with Crippen molar-refractivity contribution in [3.8, 4) is 23.0 Å². The van der Waals surface area contributed by atoms with Crippen molar-refractivity contribution in [2.75, 3.05) is 35.0 Å². The molecule has 0 amide bonds. The lowest BCUT2D eigenvalue weighted by Gasteiger charge is -2.26. The van der Waals surface area contributed by atoms with Crippen molar-refractivity contribution < 1.29 is 24.3 Å². The average molecular weight is 409 g/mol. The Morgan fingerprint density at radius 3 is 1.92 bits per heavy atom.